The standard InChI is InChI=1S/C25H16F3NO8/c1-34-18-10-7-13(11-20(18)35-2)21-22(30)16-9-8-14(12-19(16)37-23(21)25(26,27)28)36-24(31)15-5-3-4-6-17(15)29(32)33/h3-12H,1-2H3. The number of ether oxygens (including phenoxy) is 3. The summed E-state index contributed by atoms with van der Waals surface area (Å²) in [6.07, 6.45) is -5.06. The SMILES string of the molecule is COc1ccc(-c2c(C(F)(F)F)oc3cc(OC(=O)c4ccccc4[N+](=O)[O-])ccc3c2=O)cc1OC. The van der Waals surface area contributed by atoms with E-state index in [1.165, 1.54) is 50.6 Å². The average molecular weight is 515 g/mol. The van der Waals surface area contributed by atoms with Gasteiger partial charge in [-0.25, -0.2) is 4.79 Å². The summed E-state index contributed by atoms with van der Waals surface area (Å²) in [5.74, 6) is -2.63. The van der Waals surface area contributed by atoms with Crippen LogP contribution < -0.4 is 19.6 Å². The molecule has 0 atom stereocenters. The number of methoxy groups -OCH3 is 2. The van der Waals surface area contributed by atoms with E-state index in [-0.39, 0.29) is 33.8 Å². The molecule has 0 aliphatic rings. The first-order chi connectivity index (χ1) is 17.5. The number of hydrogen-bond donors (Lipinski definition) is 0. The summed E-state index contributed by atoms with van der Waals surface area (Å²) in [4.78, 5) is 36.1. The maximum absolute atomic E-state index is 14.0. The highest BCUT2D eigenvalue weighted by atomic mass is 19.4. The second kappa shape index (κ2) is 9.64. The second-order valence-corrected chi connectivity index (χ2v) is 7.52. The number of benzene rings is 3. The zero-order chi connectivity index (χ0) is 26.9. The molecule has 0 fully saturated rings. The van der Waals surface area contributed by atoms with Gasteiger partial charge in [-0.2, -0.15) is 13.2 Å². The third-order valence-corrected chi connectivity index (χ3v) is 5.32. The molecule has 0 bridgehead atoms. The molecule has 1 aromatic heterocycles. The van der Waals surface area contributed by atoms with E-state index in [0.29, 0.717) is 0 Å². The van der Waals surface area contributed by atoms with Gasteiger partial charge in [0, 0.05) is 12.1 Å². The number of esters is 1. The molecular weight excluding hydrogens is 499 g/mol. The molecule has 4 aromatic rings. The third kappa shape index (κ3) is 4.81. The van der Waals surface area contributed by atoms with Crippen LogP contribution in [0.4, 0.5) is 18.9 Å². The summed E-state index contributed by atoms with van der Waals surface area (Å²) in [7, 11) is 2.64. The van der Waals surface area contributed by atoms with Gasteiger partial charge in [0.15, 0.2) is 11.5 Å². The number of fused-ring (bicyclic) bond motifs is 1. The molecule has 0 radical (unpaired) electrons. The van der Waals surface area contributed by atoms with E-state index in [0.717, 1.165) is 24.3 Å². The lowest BCUT2D eigenvalue weighted by atomic mass is 10.0. The van der Waals surface area contributed by atoms with Gasteiger partial charge in [-0.1, -0.05) is 18.2 Å². The highest BCUT2D eigenvalue weighted by Gasteiger charge is 2.39. The van der Waals surface area contributed by atoms with Crippen molar-refractivity contribution in [3.8, 4) is 28.4 Å². The van der Waals surface area contributed by atoms with Crippen LogP contribution in [0.1, 0.15) is 16.1 Å². The van der Waals surface area contributed by atoms with Crippen molar-refractivity contribution in [1.82, 2.24) is 0 Å². The summed E-state index contributed by atoms with van der Waals surface area (Å²) < 4.78 is 62.4. The smallest absolute Gasteiger partial charge is 0.450 e. The average Bonchev–Trinajstić information content (AvgIpc) is 2.87. The van der Waals surface area contributed by atoms with Crippen molar-refractivity contribution in [3.63, 3.8) is 0 Å². The highest BCUT2D eigenvalue weighted by Crippen LogP contribution is 2.40. The van der Waals surface area contributed by atoms with Gasteiger partial charge in [0.2, 0.25) is 11.2 Å². The first kappa shape index (κ1) is 25.2. The van der Waals surface area contributed by atoms with Crippen LogP contribution in [0.3, 0.4) is 0 Å². The first-order valence-corrected chi connectivity index (χ1v) is 10.4. The number of nitro benzene ring substituents is 1. The topological polar surface area (TPSA) is 118 Å². The number of rotatable bonds is 6. The Kier molecular flexibility index (Phi) is 6.58. The van der Waals surface area contributed by atoms with Crippen LogP contribution in [0.25, 0.3) is 22.1 Å². The van der Waals surface area contributed by atoms with Crippen molar-refractivity contribution in [2.45, 2.75) is 6.18 Å². The van der Waals surface area contributed by atoms with Gasteiger partial charge < -0.3 is 18.6 Å². The van der Waals surface area contributed by atoms with Gasteiger partial charge in [-0.3, -0.25) is 14.9 Å². The fourth-order valence-electron chi connectivity index (χ4n) is 3.66. The van der Waals surface area contributed by atoms with Gasteiger partial charge in [-0.05, 0) is 35.9 Å². The van der Waals surface area contributed by atoms with Gasteiger partial charge in [0.25, 0.3) is 5.69 Å². The zero-order valence-corrected chi connectivity index (χ0v) is 19.1. The summed E-state index contributed by atoms with van der Waals surface area (Å²) >= 11 is 0. The van der Waals surface area contributed by atoms with Crippen LogP contribution in [-0.4, -0.2) is 25.1 Å². The number of carbonyl (C=O) groups excluding carboxylic acids is 1. The summed E-state index contributed by atoms with van der Waals surface area (Å²) in [6.45, 7) is 0. The van der Waals surface area contributed by atoms with Crippen molar-refractivity contribution in [2.75, 3.05) is 14.2 Å². The Morgan fingerprint density at radius 1 is 0.973 bits per heavy atom. The molecule has 0 unspecified atom stereocenters. The van der Waals surface area contributed by atoms with E-state index < -0.39 is 45.1 Å². The normalized spacial score (nSPS) is 11.3. The van der Waals surface area contributed by atoms with Crippen LogP contribution in [0.15, 0.2) is 69.9 Å². The molecule has 0 aliphatic carbocycles. The van der Waals surface area contributed by atoms with E-state index in [4.69, 9.17) is 18.6 Å². The molecule has 0 spiro atoms. The molecule has 3 aromatic carbocycles. The number of nitro groups is 1. The summed E-state index contributed by atoms with van der Waals surface area (Å²) in [5.41, 5.74) is -3.24. The fraction of sp³-hybridized carbons (Fsp3) is 0.120. The number of para-hydroxylation sites is 1. The molecule has 0 saturated carbocycles. The second-order valence-electron chi connectivity index (χ2n) is 7.52. The molecule has 1 heterocycles. The fourth-order valence-corrected chi connectivity index (χ4v) is 3.66. The molecule has 4 rings (SSSR count). The predicted molar refractivity (Wildman–Crippen MR) is 124 cm³/mol. The van der Waals surface area contributed by atoms with Crippen molar-refractivity contribution in [1.29, 1.82) is 0 Å². The minimum absolute atomic E-state index is 0.102. The lowest BCUT2D eigenvalue weighted by Crippen LogP contribution is -2.16. The number of halogens is 3. The summed E-state index contributed by atoms with van der Waals surface area (Å²) in [6, 6.07) is 12.1. The van der Waals surface area contributed by atoms with E-state index in [1.54, 1.807) is 0 Å². The molecular formula is C25H16F3NO8. The van der Waals surface area contributed by atoms with Crippen LogP contribution in [-0.2, 0) is 6.18 Å². The molecule has 12 heteroatoms. The molecule has 9 nitrogen and oxygen atoms in total. The first-order valence-electron chi connectivity index (χ1n) is 10.4. The molecule has 37 heavy (non-hydrogen) atoms. The van der Waals surface area contributed by atoms with Gasteiger partial charge in [-0.15, -0.1) is 0 Å². The molecule has 0 saturated heterocycles. The van der Waals surface area contributed by atoms with E-state index >= 15 is 0 Å². The maximum Gasteiger partial charge on any atom is 0.450 e. The van der Waals surface area contributed by atoms with Crippen molar-refractivity contribution < 1.29 is 41.5 Å². The Morgan fingerprint density at radius 3 is 2.32 bits per heavy atom. The highest BCUT2D eigenvalue weighted by molar-refractivity contribution is 5.95. The Hall–Kier alpha value is -4.87. The minimum atomic E-state index is -5.06. The number of nitrogens with zero attached hydrogens (tertiary/aromatic N) is 1. The number of alkyl halides is 3. The minimum Gasteiger partial charge on any atom is -0.493 e. The Bertz CT molecular complexity index is 1590. The number of hydrogen-bond acceptors (Lipinski definition) is 8. The predicted octanol–water partition coefficient (Wildman–Crippen LogP) is 5.62. The lowest BCUT2D eigenvalue weighted by molar-refractivity contribution is -0.385. The molecule has 190 valence electrons. The number of carbonyl (C=O) groups is 1. The molecule has 0 aliphatic heterocycles. The quantitative estimate of drug-likeness (QED) is 0.140. The lowest BCUT2D eigenvalue weighted by Gasteiger charge is -2.15. The van der Waals surface area contributed by atoms with Gasteiger partial charge in [0.05, 0.1) is 30.1 Å². The largest absolute Gasteiger partial charge is 0.493 e. The molecule has 0 N–H and O–H groups in total. The van der Waals surface area contributed by atoms with Gasteiger partial charge >= 0.3 is 12.1 Å². The zero-order valence-electron chi connectivity index (χ0n) is 19.1. The van der Waals surface area contributed by atoms with Crippen LogP contribution >= 0.6 is 0 Å². The van der Waals surface area contributed by atoms with E-state index in [1.807, 2.05) is 0 Å². The summed E-state index contributed by atoms with van der Waals surface area (Å²) in [5, 5.41) is 11.0. The van der Waals surface area contributed by atoms with Crippen LogP contribution in [0.2, 0.25) is 0 Å². The molecule has 0 amide bonds. The van der Waals surface area contributed by atoms with E-state index in [9.17, 15) is 32.9 Å². The third-order valence-electron chi connectivity index (χ3n) is 5.32. The Balaban J connectivity index is 1.83. The monoisotopic (exact) mass is 515 g/mol. The van der Waals surface area contributed by atoms with Crippen molar-refractivity contribution >= 4 is 22.6 Å². The Labute approximate surface area is 205 Å². The van der Waals surface area contributed by atoms with Crippen LogP contribution in [0.5, 0.6) is 17.2 Å². The van der Waals surface area contributed by atoms with Crippen molar-refractivity contribution in [3.05, 3.63) is 92.3 Å². The van der Waals surface area contributed by atoms with Crippen molar-refractivity contribution in [2.24, 2.45) is 0 Å². The Morgan fingerprint density at radius 2 is 1.68 bits per heavy atom. The van der Waals surface area contributed by atoms with Crippen LogP contribution in [0, 0.1) is 10.1 Å². The van der Waals surface area contributed by atoms with Gasteiger partial charge in [0.1, 0.15) is 16.9 Å². The maximum atomic E-state index is 14.0. The van der Waals surface area contributed by atoms with E-state index in [2.05, 4.69) is 0 Å².